The first-order chi connectivity index (χ1) is 16.4. The lowest BCUT2D eigenvalue weighted by Gasteiger charge is -2.14. The minimum atomic E-state index is -0.489. The number of thioether (sulfide) groups is 1. The summed E-state index contributed by atoms with van der Waals surface area (Å²) in [6, 6.07) is 11.2. The fourth-order valence-corrected chi connectivity index (χ4v) is 4.78. The van der Waals surface area contributed by atoms with E-state index in [0.29, 0.717) is 52.2 Å². The van der Waals surface area contributed by atoms with Crippen LogP contribution in [0.15, 0.2) is 47.4 Å². The fraction of sp³-hybridized carbons (Fsp3) is 0.261. The van der Waals surface area contributed by atoms with Crippen LogP contribution >= 0.6 is 24.0 Å². The number of carbonyl (C=O) groups excluding carboxylic acids is 2. The number of nitrogens with one attached hydrogen (secondary N) is 1. The van der Waals surface area contributed by atoms with E-state index in [-0.39, 0.29) is 24.3 Å². The number of carbonyl (C=O) groups is 2. The van der Waals surface area contributed by atoms with Gasteiger partial charge in [-0.1, -0.05) is 36.5 Å². The smallest absolute Gasteiger partial charge is 0.269 e. The lowest BCUT2D eigenvalue weighted by atomic mass is 10.1. The largest absolute Gasteiger partial charge is 0.454 e. The van der Waals surface area contributed by atoms with Gasteiger partial charge >= 0.3 is 0 Å². The van der Waals surface area contributed by atoms with E-state index in [1.807, 2.05) is 18.2 Å². The van der Waals surface area contributed by atoms with Crippen molar-refractivity contribution in [3.05, 3.63) is 63.0 Å². The minimum absolute atomic E-state index is 0.0283. The molecule has 1 fully saturated rings. The van der Waals surface area contributed by atoms with E-state index >= 15 is 0 Å². The van der Waals surface area contributed by atoms with Gasteiger partial charge in [0.05, 0.1) is 9.83 Å². The van der Waals surface area contributed by atoms with Gasteiger partial charge in [-0.3, -0.25) is 24.6 Å². The summed E-state index contributed by atoms with van der Waals surface area (Å²) in [5.74, 6) is 1.06. The molecule has 2 aromatic rings. The van der Waals surface area contributed by atoms with Gasteiger partial charge in [-0.2, -0.15) is 0 Å². The van der Waals surface area contributed by atoms with Crippen LogP contribution in [0.3, 0.4) is 0 Å². The lowest BCUT2D eigenvalue weighted by Crippen LogP contribution is -2.29. The third-order valence-corrected chi connectivity index (χ3v) is 6.59. The van der Waals surface area contributed by atoms with Gasteiger partial charge in [0.25, 0.3) is 11.6 Å². The molecule has 9 nitrogen and oxygen atoms in total. The maximum Gasteiger partial charge on any atom is 0.269 e. The molecule has 4 rings (SSSR count). The summed E-state index contributed by atoms with van der Waals surface area (Å²) >= 11 is 6.66. The van der Waals surface area contributed by atoms with Crippen molar-refractivity contribution in [2.75, 3.05) is 18.7 Å². The average Bonchev–Trinajstić information content (AvgIpc) is 3.38. The van der Waals surface area contributed by atoms with E-state index in [9.17, 15) is 19.7 Å². The SMILES string of the molecule is O=C(CCCCCN1C(=O)C(=Cc2ccc3c(c2)OCO3)SC1=S)Nc1ccc([N+](=O)[O-])cc1. The minimum Gasteiger partial charge on any atom is -0.454 e. The number of rotatable bonds is 9. The highest BCUT2D eigenvalue weighted by atomic mass is 32.2. The Morgan fingerprint density at radius 1 is 1.15 bits per heavy atom. The van der Waals surface area contributed by atoms with E-state index in [2.05, 4.69) is 5.32 Å². The number of ether oxygens (including phenoxy) is 2. The number of non-ortho nitro benzene ring substituents is 1. The highest BCUT2D eigenvalue weighted by Crippen LogP contribution is 2.36. The Kier molecular flexibility index (Phi) is 7.43. The number of unbranched alkanes of at least 4 members (excludes halogenated alkanes) is 2. The van der Waals surface area contributed by atoms with Crippen LogP contribution in [-0.4, -0.2) is 39.3 Å². The molecule has 0 spiro atoms. The van der Waals surface area contributed by atoms with Gasteiger partial charge in [0, 0.05) is 30.8 Å². The predicted molar refractivity (Wildman–Crippen MR) is 133 cm³/mol. The van der Waals surface area contributed by atoms with Crippen LogP contribution in [-0.2, 0) is 9.59 Å². The van der Waals surface area contributed by atoms with Gasteiger partial charge < -0.3 is 14.8 Å². The topological polar surface area (TPSA) is 111 Å². The van der Waals surface area contributed by atoms with Crippen molar-refractivity contribution in [2.45, 2.75) is 25.7 Å². The Morgan fingerprint density at radius 2 is 1.91 bits per heavy atom. The molecule has 0 bridgehead atoms. The monoisotopic (exact) mass is 499 g/mol. The summed E-state index contributed by atoms with van der Waals surface area (Å²) in [7, 11) is 0. The molecule has 11 heteroatoms. The molecule has 2 heterocycles. The Hall–Kier alpha value is -3.44. The maximum atomic E-state index is 12.8. The molecule has 34 heavy (non-hydrogen) atoms. The van der Waals surface area contributed by atoms with Crippen LogP contribution in [0, 0.1) is 10.1 Å². The lowest BCUT2D eigenvalue weighted by molar-refractivity contribution is -0.384. The number of benzene rings is 2. The van der Waals surface area contributed by atoms with Crippen LogP contribution in [0.2, 0.25) is 0 Å². The summed E-state index contributed by atoms with van der Waals surface area (Å²) in [5.41, 5.74) is 1.32. The van der Waals surface area contributed by atoms with Crippen LogP contribution in [0.25, 0.3) is 6.08 Å². The van der Waals surface area contributed by atoms with Gasteiger partial charge in [0.2, 0.25) is 12.7 Å². The first-order valence-corrected chi connectivity index (χ1v) is 11.8. The number of hydrogen-bond donors (Lipinski definition) is 1. The third kappa shape index (κ3) is 5.72. The second-order valence-electron chi connectivity index (χ2n) is 7.61. The Balaban J connectivity index is 1.20. The van der Waals surface area contributed by atoms with Crippen LogP contribution in [0.5, 0.6) is 11.5 Å². The predicted octanol–water partition coefficient (Wildman–Crippen LogP) is 4.72. The first-order valence-electron chi connectivity index (χ1n) is 10.6. The molecule has 1 saturated heterocycles. The Bertz CT molecular complexity index is 1170. The molecule has 0 radical (unpaired) electrons. The van der Waals surface area contributed by atoms with Crippen LogP contribution in [0.1, 0.15) is 31.2 Å². The molecule has 2 aliphatic heterocycles. The number of nitro benzene ring substituents is 1. The van der Waals surface area contributed by atoms with Crippen molar-refractivity contribution in [1.29, 1.82) is 0 Å². The summed E-state index contributed by atoms with van der Waals surface area (Å²) < 4.78 is 11.2. The van der Waals surface area contributed by atoms with Gasteiger partial charge in [-0.25, -0.2) is 0 Å². The van der Waals surface area contributed by atoms with Crippen LogP contribution in [0.4, 0.5) is 11.4 Å². The first kappa shape index (κ1) is 23.7. The molecule has 2 amide bonds. The number of amides is 2. The Morgan fingerprint density at radius 3 is 2.68 bits per heavy atom. The molecular formula is C23H21N3O6S2. The molecule has 2 aromatic carbocycles. The van der Waals surface area contributed by atoms with Crippen molar-refractivity contribution in [3.63, 3.8) is 0 Å². The van der Waals surface area contributed by atoms with Crippen molar-refractivity contribution in [2.24, 2.45) is 0 Å². The molecule has 0 aliphatic carbocycles. The van der Waals surface area contributed by atoms with Crippen LogP contribution < -0.4 is 14.8 Å². The normalized spacial score (nSPS) is 15.8. The second kappa shape index (κ2) is 10.7. The second-order valence-corrected chi connectivity index (χ2v) is 9.28. The number of fused-ring (bicyclic) bond motifs is 1. The van der Waals surface area contributed by atoms with E-state index < -0.39 is 4.92 Å². The van der Waals surface area contributed by atoms with Gasteiger partial charge in [-0.05, 0) is 48.7 Å². The zero-order valence-electron chi connectivity index (χ0n) is 18.0. The van der Waals surface area contributed by atoms with Gasteiger partial charge in [-0.15, -0.1) is 0 Å². The highest BCUT2D eigenvalue weighted by Gasteiger charge is 2.31. The summed E-state index contributed by atoms with van der Waals surface area (Å²) in [6.07, 6.45) is 4.24. The third-order valence-electron chi connectivity index (χ3n) is 5.22. The molecule has 176 valence electrons. The van der Waals surface area contributed by atoms with Crippen molar-refractivity contribution in [3.8, 4) is 11.5 Å². The van der Waals surface area contributed by atoms with E-state index in [1.165, 1.54) is 36.0 Å². The molecule has 0 aromatic heterocycles. The highest BCUT2D eigenvalue weighted by molar-refractivity contribution is 8.26. The van der Waals surface area contributed by atoms with Crippen molar-refractivity contribution >= 4 is 57.6 Å². The van der Waals surface area contributed by atoms with E-state index in [4.69, 9.17) is 21.7 Å². The fourth-order valence-electron chi connectivity index (χ4n) is 3.47. The molecule has 1 N–H and O–H groups in total. The van der Waals surface area contributed by atoms with Gasteiger partial charge in [0.15, 0.2) is 11.5 Å². The summed E-state index contributed by atoms with van der Waals surface area (Å²) in [6.45, 7) is 0.687. The van der Waals surface area contributed by atoms with E-state index in [0.717, 1.165) is 12.0 Å². The quantitative estimate of drug-likeness (QED) is 0.173. The van der Waals surface area contributed by atoms with Crippen molar-refractivity contribution in [1.82, 2.24) is 4.90 Å². The zero-order valence-corrected chi connectivity index (χ0v) is 19.7. The molecular weight excluding hydrogens is 478 g/mol. The maximum absolute atomic E-state index is 12.8. The van der Waals surface area contributed by atoms with E-state index in [1.54, 1.807) is 11.0 Å². The number of thiocarbonyl (C=S) groups is 1. The van der Waals surface area contributed by atoms with Crippen molar-refractivity contribution < 1.29 is 24.0 Å². The number of nitrogens with zero attached hydrogens (tertiary/aromatic N) is 2. The molecule has 2 aliphatic rings. The Labute approximate surface area is 205 Å². The number of anilines is 1. The summed E-state index contributed by atoms with van der Waals surface area (Å²) in [4.78, 5) is 37.2. The number of hydrogen-bond acceptors (Lipinski definition) is 8. The molecule has 0 atom stereocenters. The molecule has 0 saturated carbocycles. The summed E-state index contributed by atoms with van der Waals surface area (Å²) in [5, 5.41) is 13.4. The van der Waals surface area contributed by atoms with Gasteiger partial charge in [0.1, 0.15) is 4.32 Å². The number of nitro groups is 1. The molecule has 0 unspecified atom stereocenters. The zero-order chi connectivity index (χ0) is 24.1. The average molecular weight is 500 g/mol. The standard InChI is InChI=1S/C23H21N3O6S2/c27-21(24-16-6-8-17(9-7-16)26(29)30)4-2-1-3-11-25-22(28)20(34-23(25)33)13-15-5-10-18-19(12-15)32-14-31-18/h5-10,12-13H,1-4,11,14H2,(H,24,27).